The van der Waals surface area contributed by atoms with E-state index in [0.29, 0.717) is 23.7 Å². The highest BCUT2D eigenvalue weighted by Gasteiger charge is 2.26. The molecule has 0 unspecified atom stereocenters. The fourth-order valence-corrected chi connectivity index (χ4v) is 5.03. The van der Waals surface area contributed by atoms with E-state index in [0.717, 1.165) is 19.3 Å². The van der Waals surface area contributed by atoms with Gasteiger partial charge in [0.1, 0.15) is 0 Å². The van der Waals surface area contributed by atoms with E-state index >= 15 is 0 Å². The Morgan fingerprint density at radius 1 is 0.900 bits per heavy atom. The lowest BCUT2D eigenvalue weighted by atomic mass is 10.2. The first-order valence-electron chi connectivity index (χ1n) is 9.81. The Kier molecular flexibility index (Phi) is 7.47. The zero-order chi connectivity index (χ0) is 21.6. The number of piperidine rings is 1. The van der Waals surface area contributed by atoms with Crippen molar-refractivity contribution in [3.05, 3.63) is 64.7 Å². The molecular formula is C21H24ClN3O4S. The van der Waals surface area contributed by atoms with Crippen LogP contribution in [-0.4, -0.2) is 50.7 Å². The number of halogens is 1. The van der Waals surface area contributed by atoms with Crippen LogP contribution >= 0.6 is 11.6 Å². The first-order chi connectivity index (χ1) is 14.4. The summed E-state index contributed by atoms with van der Waals surface area (Å²) >= 11 is 5.99. The van der Waals surface area contributed by atoms with Crippen LogP contribution in [0.3, 0.4) is 0 Å². The molecule has 1 aliphatic heterocycles. The van der Waals surface area contributed by atoms with Crippen LogP contribution in [0.4, 0.5) is 0 Å². The van der Waals surface area contributed by atoms with Crippen LogP contribution in [0.1, 0.15) is 40.0 Å². The number of carbonyl (C=O) groups excluding carboxylic acids is 2. The second-order valence-electron chi connectivity index (χ2n) is 6.98. The normalized spacial score (nSPS) is 14.8. The molecule has 1 fully saturated rings. The first-order valence-corrected chi connectivity index (χ1v) is 11.6. The minimum atomic E-state index is -3.61. The largest absolute Gasteiger partial charge is 0.350 e. The Morgan fingerprint density at radius 3 is 2.27 bits per heavy atom. The number of benzene rings is 2. The Balaban J connectivity index is 1.55. The van der Waals surface area contributed by atoms with Gasteiger partial charge in [0, 0.05) is 31.7 Å². The van der Waals surface area contributed by atoms with Gasteiger partial charge in [0.05, 0.1) is 15.5 Å². The lowest BCUT2D eigenvalue weighted by Crippen LogP contribution is -2.36. The van der Waals surface area contributed by atoms with Crippen LogP contribution in [0.2, 0.25) is 5.02 Å². The van der Waals surface area contributed by atoms with Crippen molar-refractivity contribution in [2.45, 2.75) is 24.2 Å². The summed E-state index contributed by atoms with van der Waals surface area (Å²) in [6, 6.07) is 12.7. The molecule has 1 heterocycles. The highest BCUT2D eigenvalue weighted by Crippen LogP contribution is 2.21. The minimum Gasteiger partial charge on any atom is -0.350 e. The quantitative estimate of drug-likeness (QED) is 0.635. The summed E-state index contributed by atoms with van der Waals surface area (Å²) in [7, 11) is -3.61. The average molecular weight is 450 g/mol. The van der Waals surface area contributed by atoms with E-state index in [4.69, 9.17) is 11.6 Å². The smallest absolute Gasteiger partial charge is 0.252 e. The van der Waals surface area contributed by atoms with Gasteiger partial charge in [-0.3, -0.25) is 9.59 Å². The van der Waals surface area contributed by atoms with Gasteiger partial charge < -0.3 is 10.6 Å². The lowest BCUT2D eigenvalue weighted by Gasteiger charge is -2.26. The van der Waals surface area contributed by atoms with Gasteiger partial charge in [-0.2, -0.15) is 4.31 Å². The first kappa shape index (κ1) is 22.3. The van der Waals surface area contributed by atoms with Crippen LogP contribution in [0.5, 0.6) is 0 Å². The number of hydrogen-bond acceptors (Lipinski definition) is 4. The molecule has 30 heavy (non-hydrogen) atoms. The third-order valence-corrected chi connectivity index (χ3v) is 7.09. The van der Waals surface area contributed by atoms with Gasteiger partial charge in [-0.05, 0) is 43.2 Å². The van der Waals surface area contributed by atoms with Crippen LogP contribution in [-0.2, 0) is 10.0 Å². The van der Waals surface area contributed by atoms with Crippen molar-refractivity contribution in [2.24, 2.45) is 0 Å². The van der Waals surface area contributed by atoms with E-state index in [-0.39, 0.29) is 29.5 Å². The van der Waals surface area contributed by atoms with E-state index in [1.807, 2.05) is 0 Å². The van der Waals surface area contributed by atoms with Crippen LogP contribution in [0.25, 0.3) is 0 Å². The monoisotopic (exact) mass is 449 g/mol. The molecule has 2 N–H and O–H groups in total. The average Bonchev–Trinajstić information content (AvgIpc) is 2.77. The van der Waals surface area contributed by atoms with Gasteiger partial charge in [0.2, 0.25) is 10.0 Å². The molecule has 2 amide bonds. The molecule has 2 aromatic rings. The minimum absolute atomic E-state index is 0.115. The predicted octanol–water partition coefficient (Wildman–Crippen LogP) is 2.67. The van der Waals surface area contributed by atoms with Crippen molar-refractivity contribution in [1.82, 2.24) is 14.9 Å². The van der Waals surface area contributed by atoms with Gasteiger partial charge in [-0.25, -0.2) is 8.42 Å². The summed E-state index contributed by atoms with van der Waals surface area (Å²) < 4.78 is 27.1. The highest BCUT2D eigenvalue weighted by atomic mass is 35.5. The molecule has 1 aliphatic rings. The van der Waals surface area contributed by atoms with E-state index in [9.17, 15) is 18.0 Å². The van der Waals surface area contributed by atoms with Gasteiger partial charge in [0.15, 0.2) is 0 Å². The lowest BCUT2D eigenvalue weighted by molar-refractivity contribution is 0.0927. The van der Waals surface area contributed by atoms with Crippen molar-refractivity contribution in [2.75, 3.05) is 26.2 Å². The molecule has 0 atom stereocenters. The molecule has 7 nitrogen and oxygen atoms in total. The zero-order valence-corrected chi connectivity index (χ0v) is 18.0. The van der Waals surface area contributed by atoms with Gasteiger partial charge in [-0.1, -0.05) is 36.2 Å². The van der Waals surface area contributed by atoms with E-state index < -0.39 is 15.9 Å². The molecule has 9 heteroatoms. The Bertz CT molecular complexity index is 1020. The second-order valence-corrected chi connectivity index (χ2v) is 9.33. The molecule has 1 saturated heterocycles. The number of carbonyl (C=O) groups is 2. The molecule has 0 radical (unpaired) electrons. The summed E-state index contributed by atoms with van der Waals surface area (Å²) in [5, 5.41) is 5.72. The summed E-state index contributed by atoms with van der Waals surface area (Å²) in [6.45, 7) is 1.41. The SMILES string of the molecule is O=C(NCCNC(=O)c1ccccc1Cl)c1cccc(S(=O)(=O)N2CCCCC2)c1. The fraction of sp³-hybridized carbons (Fsp3) is 0.333. The van der Waals surface area contributed by atoms with Crippen LogP contribution in [0, 0.1) is 0 Å². The van der Waals surface area contributed by atoms with Crippen LogP contribution < -0.4 is 10.6 Å². The number of hydrogen-bond donors (Lipinski definition) is 2. The Morgan fingerprint density at radius 2 is 1.57 bits per heavy atom. The van der Waals surface area contributed by atoms with Crippen molar-refractivity contribution in [1.29, 1.82) is 0 Å². The summed E-state index contributed by atoms with van der Waals surface area (Å²) in [6.07, 6.45) is 2.72. The Hall–Kier alpha value is -2.42. The molecular weight excluding hydrogens is 426 g/mol. The summed E-state index contributed by atoms with van der Waals surface area (Å²) in [5.74, 6) is -0.734. The third kappa shape index (κ3) is 5.38. The van der Waals surface area contributed by atoms with E-state index in [1.54, 1.807) is 36.4 Å². The maximum Gasteiger partial charge on any atom is 0.252 e. The molecule has 3 rings (SSSR count). The van der Waals surface area contributed by atoms with E-state index in [1.165, 1.54) is 16.4 Å². The van der Waals surface area contributed by atoms with Crippen molar-refractivity contribution in [3.8, 4) is 0 Å². The van der Waals surface area contributed by atoms with Crippen molar-refractivity contribution >= 4 is 33.4 Å². The maximum absolute atomic E-state index is 12.8. The number of sulfonamides is 1. The second kappa shape index (κ2) is 10.1. The summed E-state index contributed by atoms with van der Waals surface area (Å²) in [4.78, 5) is 24.6. The van der Waals surface area contributed by atoms with Crippen molar-refractivity contribution in [3.63, 3.8) is 0 Å². The van der Waals surface area contributed by atoms with E-state index in [2.05, 4.69) is 10.6 Å². The third-order valence-electron chi connectivity index (χ3n) is 4.86. The van der Waals surface area contributed by atoms with Gasteiger partial charge in [0.25, 0.3) is 11.8 Å². The number of nitrogens with zero attached hydrogens (tertiary/aromatic N) is 1. The molecule has 0 saturated carbocycles. The number of amides is 2. The van der Waals surface area contributed by atoms with Crippen LogP contribution in [0.15, 0.2) is 53.4 Å². The molecule has 2 aromatic carbocycles. The summed E-state index contributed by atoms with van der Waals surface area (Å²) in [5.41, 5.74) is 0.617. The zero-order valence-electron chi connectivity index (χ0n) is 16.4. The number of nitrogens with one attached hydrogen (secondary N) is 2. The van der Waals surface area contributed by atoms with Crippen molar-refractivity contribution < 1.29 is 18.0 Å². The molecule has 0 bridgehead atoms. The molecule has 0 aromatic heterocycles. The molecule has 0 aliphatic carbocycles. The van der Waals surface area contributed by atoms with Gasteiger partial charge in [-0.15, -0.1) is 0 Å². The topological polar surface area (TPSA) is 95.6 Å². The molecule has 160 valence electrons. The Labute approximate surface area is 181 Å². The molecule has 0 spiro atoms. The maximum atomic E-state index is 12.8. The predicted molar refractivity (Wildman–Crippen MR) is 115 cm³/mol. The fourth-order valence-electron chi connectivity index (χ4n) is 3.25. The number of rotatable bonds is 7. The van der Waals surface area contributed by atoms with Gasteiger partial charge >= 0.3 is 0 Å². The highest BCUT2D eigenvalue weighted by molar-refractivity contribution is 7.89. The standard InChI is InChI=1S/C21H24ClN3O4S/c22-19-10-3-2-9-18(19)21(27)24-12-11-23-20(26)16-7-6-8-17(15-16)30(28,29)25-13-4-1-5-14-25/h2-3,6-10,15H,1,4-5,11-14H2,(H,23,26)(H,24,27).